The monoisotopic (exact) mass is 265 g/mol. The van der Waals surface area contributed by atoms with Crippen LogP contribution in [0.1, 0.15) is 17.3 Å². The van der Waals surface area contributed by atoms with Gasteiger partial charge in [0.2, 0.25) is 0 Å². The van der Waals surface area contributed by atoms with Gasteiger partial charge in [0.1, 0.15) is 13.2 Å². The first-order chi connectivity index (χ1) is 9.13. The van der Waals surface area contributed by atoms with E-state index < -0.39 is 6.04 Å². The maximum atomic E-state index is 12.1. The SMILES string of the molecule is CC(NC(=O)c1cccc2c1OCCO2)/C(N)=N/O. The Morgan fingerprint density at radius 1 is 1.47 bits per heavy atom. The van der Waals surface area contributed by atoms with Gasteiger partial charge in [-0.15, -0.1) is 0 Å². The minimum atomic E-state index is -0.585. The number of hydrogen-bond donors (Lipinski definition) is 3. The molecule has 0 fully saturated rings. The highest BCUT2D eigenvalue weighted by atomic mass is 16.6. The van der Waals surface area contributed by atoms with Gasteiger partial charge in [0.15, 0.2) is 17.3 Å². The molecular weight excluding hydrogens is 250 g/mol. The molecule has 1 aromatic carbocycles. The normalized spacial score (nSPS) is 15.7. The number of benzene rings is 1. The van der Waals surface area contributed by atoms with Crippen LogP contribution in [-0.4, -0.2) is 36.2 Å². The molecule has 1 amide bonds. The van der Waals surface area contributed by atoms with Gasteiger partial charge in [-0.25, -0.2) is 0 Å². The van der Waals surface area contributed by atoms with E-state index in [0.29, 0.717) is 30.3 Å². The fourth-order valence-corrected chi connectivity index (χ4v) is 1.69. The van der Waals surface area contributed by atoms with Gasteiger partial charge < -0.3 is 25.7 Å². The van der Waals surface area contributed by atoms with Crippen LogP contribution < -0.4 is 20.5 Å². The zero-order valence-corrected chi connectivity index (χ0v) is 10.4. The number of fused-ring (bicyclic) bond motifs is 1. The molecule has 7 heteroatoms. The van der Waals surface area contributed by atoms with Crippen molar-refractivity contribution in [2.75, 3.05) is 13.2 Å². The Morgan fingerprint density at radius 2 is 2.21 bits per heavy atom. The molecule has 0 saturated carbocycles. The number of rotatable bonds is 3. The fraction of sp³-hybridized carbons (Fsp3) is 0.333. The van der Waals surface area contributed by atoms with Gasteiger partial charge >= 0.3 is 0 Å². The topological polar surface area (TPSA) is 106 Å². The number of para-hydroxylation sites is 1. The molecule has 1 aliphatic heterocycles. The van der Waals surface area contributed by atoms with Gasteiger partial charge in [0.05, 0.1) is 11.6 Å². The lowest BCUT2D eigenvalue weighted by Crippen LogP contribution is -2.42. The maximum absolute atomic E-state index is 12.1. The van der Waals surface area contributed by atoms with Crippen molar-refractivity contribution in [3.63, 3.8) is 0 Å². The Labute approximate surface area is 110 Å². The summed E-state index contributed by atoms with van der Waals surface area (Å²) in [6.07, 6.45) is 0. The number of amidine groups is 1. The summed E-state index contributed by atoms with van der Waals surface area (Å²) in [4.78, 5) is 12.1. The second-order valence-corrected chi connectivity index (χ2v) is 4.05. The molecule has 1 heterocycles. The molecule has 2 rings (SSSR count). The Kier molecular flexibility index (Phi) is 3.74. The van der Waals surface area contributed by atoms with Crippen molar-refractivity contribution >= 4 is 11.7 Å². The van der Waals surface area contributed by atoms with Crippen LogP contribution in [0, 0.1) is 0 Å². The Morgan fingerprint density at radius 3 is 2.95 bits per heavy atom. The van der Waals surface area contributed by atoms with Gasteiger partial charge in [0.25, 0.3) is 5.91 Å². The number of carbonyl (C=O) groups excluding carboxylic acids is 1. The molecule has 4 N–H and O–H groups in total. The number of amides is 1. The minimum Gasteiger partial charge on any atom is -0.486 e. The van der Waals surface area contributed by atoms with Crippen molar-refractivity contribution < 1.29 is 19.5 Å². The van der Waals surface area contributed by atoms with Gasteiger partial charge in [-0.05, 0) is 19.1 Å². The predicted octanol–water partition coefficient (Wildman–Crippen LogP) is 0.323. The van der Waals surface area contributed by atoms with E-state index in [0.717, 1.165) is 0 Å². The number of hydrogen-bond acceptors (Lipinski definition) is 5. The average molecular weight is 265 g/mol. The smallest absolute Gasteiger partial charge is 0.255 e. The van der Waals surface area contributed by atoms with E-state index in [1.165, 1.54) is 0 Å². The number of ether oxygens (including phenoxy) is 2. The van der Waals surface area contributed by atoms with Gasteiger partial charge in [0, 0.05) is 0 Å². The number of carbonyl (C=O) groups is 1. The lowest BCUT2D eigenvalue weighted by atomic mass is 10.1. The van der Waals surface area contributed by atoms with Crippen LogP contribution in [-0.2, 0) is 0 Å². The highest BCUT2D eigenvalue weighted by molar-refractivity contribution is 6.00. The Bertz CT molecular complexity index is 516. The highest BCUT2D eigenvalue weighted by Crippen LogP contribution is 2.33. The third-order valence-electron chi connectivity index (χ3n) is 2.72. The highest BCUT2D eigenvalue weighted by Gasteiger charge is 2.22. The third kappa shape index (κ3) is 2.70. The maximum Gasteiger partial charge on any atom is 0.255 e. The van der Waals surface area contributed by atoms with E-state index in [9.17, 15) is 4.79 Å². The fourth-order valence-electron chi connectivity index (χ4n) is 1.69. The summed E-state index contributed by atoms with van der Waals surface area (Å²) in [6.45, 7) is 2.46. The van der Waals surface area contributed by atoms with Crippen molar-refractivity contribution in [3.8, 4) is 11.5 Å². The van der Waals surface area contributed by atoms with Crippen molar-refractivity contribution in [3.05, 3.63) is 23.8 Å². The predicted molar refractivity (Wildman–Crippen MR) is 67.8 cm³/mol. The molecular formula is C12H15N3O4. The molecule has 0 spiro atoms. The largest absolute Gasteiger partial charge is 0.486 e. The van der Waals surface area contributed by atoms with Crippen LogP contribution in [0.25, 0.3) is 0 Å². The van der Waals surface area contributed by atoms with Crippen molar-refractivity contribution in [2.24, 2.45) is 10.9 Å². The molecule has 1 aromatic rings. The average Bonchev–Trinajstić information content (AvgIpc) is 2.45. The summed E-state index contributed by atoms with van der Waals surface area (Å²) in [5.74, 6) is 0.505. The van der Waals surface area contributed by atoms with E-state index in [1.807, 2.05) is 0 Å². The second kappa shape index (κ2) is 5.47. The third-order valence-corrected chi connectivity index (χ3v) is 2.72. The summed E-state index contributed by atoms with van der Waals surface area (Å²) in [7, 11) is 0. The Balaban J connectivity index is 2.20. The van der Waals surface area contributed by atoms with Crippen LogP contribution in [0.2, 0.25) is 0 Å². The van der Waals surface area contributed by atoms with Crippen LogP contribution >= 0.6 is 0 Å². The summed E-state index contributed by atoms with van der Waals surface area (Å²) < 4.78 is 10.8. The van der Waals surface area contributed by atoms with Gasteiger partial charge in [-0.2, -0.15) is 0 Å². The molecule has 0 aliphatic carbocycles. The van der Waals surface area contributed by atoms with E-state index in [4.69, 9.17) is 20.4 Å². The molecule has 0 radical (unpaired) electrons. The molecule has 102 valence electrons. The van der Waals surface area contributed by atoms with E-state index >= 15 is 0 Å². The number of oxime groups is 1. The molecule has 1 unspecified atom stereocenters. The van der Waals surface area contributed by atoms with E-state index in [2.05, 4.69) is 10.5 Å². The zero-order valence-electron chi connectivity index (χ0n) is 10.4. The van der Waals surface area contributed by atoms with Crippen molar-refractivity contribution in [1.82, 2.24) is 5.32 Å². The summed E-state index contributed by atoms with van der Waals surface area (Å²) in [5.41, 5.74) is 5.77. The standard InChI is InChI=1S/C12H15N3O4/c1-7(11(13)15-17)14-12(16)8-3-2-4-9-10(8)19-6-5-18-9/h2-4,7,17H,5-6H2,1H3,(H2,13,15)(H,14,16). The quantitative estimate of drug-likeness (QED) is 0.316. The minimum absolute atomic E-state index is 0.0738. The first-order valence-electron chi connectivity index (χ1n) is 5.80. The number of nitrogens with one attached hydrogen (secondary N) is 1. The molecule has 1 atom stereocenters. The first-order valence-corrected chi connectivity index (χ1v) is 5.80. The van der Waals surface area contributed by atoms with Crippen molar-refractivity contribution in [1.29, 1.82) is 0 Å². The number of nitrogens with zero attached hydrogens (tertiary/aromatic N) is 1. The second-order valence-electron chi connectivity index (χ2n) is 4.05. The Hall–Kier alpha value is -2.44. The molecule has 0 bridgehead atoms. The van der Waals surface area contributed by atoms with Crippen LogP contribution in [0.15, 0.2) is 23.4 Å². The first kappa shape index (κ1) is 13.0. The van der Waals surface area contributed by atoms with Crippen LogP contribution in [0.5, 0.6) is 11.5 Å². The van der Waals surface area contributed by atoms with Gasteiger partial charge in [-0.1, -0.05) is 11.2 Å². The number of nitrogens with two attached hydrogens (primary N) is 1. The van der Waals surface area contributed by atoms with Crippen LogP contribution in [0.4, 0.5) is 0 Å². The van der Waals surface area contributed by atoms with Crippen molar-refractivity contribution in [2.45, 2.75) is 13.0 Å². The summed E-state index contributed by atoms with van der Waals surface area (Å²) in [6, 6.07) is 4.48. The summed E-state index contributed by atoms with van der Waals surface area (Å²) >= 11 is 0. The molecule has 0 saturated heterocycles. The van der Waals surface area contributed by atoms with Gasteiger partial charge in [-0.3, -0.25) is 4.79 Å². The molecule has 0 aromatic heterocycles. The zero-order chi connectivity index (χ0) is 13.8. The lowest BCUT2D eigenvalue weighted by molar-refractivity contribution is 0.0937. The van der Waals surface area contributed by atoms with Crippen LogP contribution in [0.3, 0.4) is 0 Å². The lowest BCUT2D eigenvalue weighted by Gasteiger charge is -2.21. The molecule has 1 aliphatic rings. The van der Waals surface area contributed by atoms with E-state index in [-0.39, 0.29) is 11.7 Å². The summed E-state index contributed by atoms with van der Waals surface area (Å²) in [5, 5.41) is 14.0. The molecule has 19 heavy (non-hydrogen) atoms. The van der Waals surface area contributed by atoms with E-state index in [1.54, 1.807) is 25.1 Å². The molecule has 7 nitrogen and oxygen atoms in total.